The van der Waals surface area contributed by atoms with Crippen molar-refractivity contribution in [1.29, 1.82) is 0 Å². The van der Waals surface area contributed by atoms with Gasteiger partial charge in [0.15, 0.2) is 5.75 Å². The summed E-state index contributed by atoms with van der Waals surface area (Å²) in [5.74, 6) is 0.831. The molecule has 0 radical (unpaired) electrons. The van der Waals surface area contributed by atoms with Crippen molar-refractivity contribution < 1.29 is 28.9 Å². The van der Waals surface area contributed by atoms with Crippen LogP contribution in [0.1, 0.15) is 50.7 Å². The molecule has 198 valence electrons. The summed E-state index contributed by atoms with van der Waals surface area (Å²) in [6.07, 6.45) is 5.83. The molecule has 1 amide bonds. The van der Waals surface area contributed by atoms with E-state index in [0.29, 0.717) is 26.0 Å². The SMILES string of the molecule is CCC(NC(=O)C1=CC=CC(OC)(c2cc(Br)c(Oc3ccc(OC)c(C(C)C)c3)c(Br)c2)C1)C(=O)O. The number of hydrogen-bond donors (Lipinski definition) is 2. The van der Waals surface area contributed by atoms with Crippen molar-refractivity contribution in [3.63, 3.8) is 0 Å². The van der Waals surface area contributed by atoms with Crippen LogP contribution in [0, 0.1) is 0 Å². The van der Waals surface area contributed by atoms with Gasteiger partial charge in [-0.1, -0.05) is 32.9 Å². The summed E-state index contributed by atoms with van der Waals surface area (Å²) in [5.41, 5.74) is 1.33. The number of amides is 1. The first-order valence-electron chi connectivity index (χ1n) is 11.9. The molecule has 37 heavy (non-hydrogen) atoms. The number of ether oxygens (including phenoxy) is 3. The summed E-state index contributed by atoms with van der Waals surface area (Å²) in [4.78, 5) is 24.2. The predicted octanol–water partition coefficient (Wildman–Crippen LogP) is 6.84. The Hall–Kier alpha value is -2.62. The lowest BCUT2D eigenvalue weighted by Gasteiger charge is -2.33. The number of rotatable bonds is 10. The molecule has 0 saturated carbocycles. The third kappa shape index (κ3) is 6.45. The second-order valence-electron chi connectivity index (χ2n) is 9.02. The Balaban J connectivity index is 1.89. The smallest absolute Gasteiger partial charge is 0.326 e. The van der Waals surface area contributed by atoms with Crippen molar-refractivity contribution in [2.45, 2.75) is 51.2 Å². The number of nitrogens with one attached hydrogen (secondary N) is 1. The van der Waals surface area contributed by atoms with Crippen molar-refractivity contribution in [2.75, 3.05) is 14.2 Å². The van der Waals surface area contributed by atoms with Gasteiger partial charge in [-0.25, -0.2) is 4.79 Å². The minimum atomic E-state index is -1.07. The number of aliphatic carboxylic acids is 1. The van der Waals surface area contributed by atoms with E-state index in [1.807, 2.05) is 36.4 Å². The first-order chi connectivity index (χ1) is 17.5. The van der Waals surface area contributed by atoms with Gasteiger partial charge >= 0.3 is 5.97 Å². The Morgan fingerprint density at radius 3 is 2.35 bits per heavy atom. The lowest BCUT2D eigenvalue weighted by molar-refractivity contribution is -0.141. The van der Waals surface area contributed by atoms with Gasteiger partial charge in [0.1, 0.15) is 23.1 Å². The fourth-order valence-corrected chi connectivity index (χ4v) is 5.52. The zero-order chi connectivity index (χ0) is 27.3. The van der Waals surface area contributed by atoms with Crippen molar-refractivity contribution in [3.05, 3.63) is 74.2 Å². The Morgan fingerprint density at radius 1 is 1.14 bits per heavy atom. The molecule has 2 atom stereocenters. The Morgan fingerprint density at radius 2 is 1.81 bits per heavy atom. The molecule has 2 aromatic carbocycles. The molecule has 2 aromatic rings. The van der Waals surface area contributed by atoms with Crippen molar-refractivity contribution in [1.82, 2.24) is 5.32 Å². The zero-order valence-corrected chi connectivity index (χ0v) is 24.6. The number of carbonyl (C=O) groups is 2. The average Bonchev–Trinajstić information content (AvgIpc) is 2.88. The van der Waals surface area contributed by atoms with Crippen LogP contribution in [-0.2, 0) is 19.9 Å². The topological polar surface area (TPSA) is 94.1 Å². The van der Waals surface area contributed by atoms with E-state index in [9.17, 15) is 14.7 Å². The van der Waals surface area contributed by atoms with Gasteiger partial charge in [-0.2, -0.15) is 0 Å². The summed E-state index contributed by atoms with van der Waals surface area (Å²) >= 11 is 7.27. The van der Waals surface area contributed by atoms with Crippen LogP contribution in [0.5, 0.6) is 17.2 Å². The number of carboxylic acid groups (broad SMARTS) is 1. The Kier molecular flexibility index (Phi) is 9.61. The van der Waals surface area contributed by atoms with E-state index in [1.165, 1.54) is 0 Å². The highest BCUT2D eigenvalue weighted by Gasteiger charge is 2.36. The van der Waals surface area contributed by atoms with Crippen LogP contribution in [0.25, 0.3) is 0 Å². The molecule has 0 fully saturated rings. The van der Waals surface area contributed by atoms with Gasteiger partial charge < -0.3 is 24.6 Å². The first kappa shape index (κ1) is 28.9. The molecule has 0 bridgehead atoms. The monoisotopic (exact) mass is 635 g/mol. The van der Waals surface area contributed by atoms with E-state index in [1.54, 1.807) is 33.3 Å². The van der Waals surface area contributed by atoms with Crippen LogP contribution < -0.4 is 14.8 Å². The number of carbonyl (C=O) groups excluding carboxylic acids is 1. The number of benzene rings is 2. The summed E-state index contributed by atoms with van der Waals surface area (Å²) in [5, 5.41) is 11.9. The maximum Gasteiger partial charge on any atom is 0.326 e. The molecule has 2 unspecified atom stereocenters. The van der Waals surface area contributed by atoms with E-state index in [-0.39, 0.29) is 18.8 Å². The highest BCUT2D eigenvalue weighted by molar-refractivity contribution is 9.11. The third-order valence-electron chi connectivity index (χ3n) is 6.31. The van der Waals surface area contributed by atoms with Gasteiger partial charge in [0.25, 0.3) is 0 Å². The maximum atomic E-state index is 12.8. The number of methoxy groups -OCH3 is 2. The van der Waals surface area contributed by atoms with Gasteiger partial charge in [-0.15, -0.1) is 0 Å². The molecule has 3 rings (SSSR count). The van der Waals surface area contributed by atoms with E-state index in [0.717, 1.165) is 16.9 Å². The largest absolute Gasteiger partial charge is 0.496 e. The van der Waals surface area contributed by atoms with Crippen LogP contribution in [-0.4, -0.2) is 37.2 Å². The average molecular weight is 637 g/mol. The quantitative estimate of drug-likeness (QED) is 0.296. The predicted molar refractivity (Wildman–Crippen MR) is 149 cm³/mol. The molecule has 2 N–H and O–H groups in total. The second-order valence-corrected chi connectivity index (χ2v) is 10.7. The standard InChI is InChI=1S/C28H31Br2NO6/c1-6-23(27(33)34)31-26(32)17-8-7-11-28(15-17,36-5)18-12-21(29)25(22(30)13-18)37-19-9-10-24(35-4)20(14-19)16(2)3/h7-14,16,23H,6,15H2,1-5H3,(H,31,32)(H,33,34). The van der Waals surface area contributed by atoms with E-state index < -0.39 is 23.5 Å². The number of carboxylic acids is 1. The molecule has 0 saturated heterocycles. The van der Waals surface area contributed by atoms with E-state index in [2.05, 4.69) is 51.0 Å². The van der Waals surface area contributed by atoms with Crippen LogP contribution >= 0.6 is 31.9 Å². The molecule has 1 aliphatic carbocycles. The van der Waals surface area contributed by atoms with Crippen LogP contribution in [0.15, 0.2) is 63.1 Å². The lowest BCUT2D eigenvalue weighted by Crippen LogP contribution is -2.42. The summed E-state index contributed by atoms with van der Waals surface area (Å²) in [6, 6.07) is 8.55. The second kappa shape index (κ2) is 12.3. The molecule has 0 spiro atoms. The number of allylic oxidation sites excluding steroid dienone is 2. The minimum absolute atomic E-state index is 0.233. The molecular formula is C28H31Br2NO6. The fraction of sp³-hybridized carbons (Fsp3) is 0.357. The van der Waals surface area contributed by atoms with Gasteiger partial charge in [0.2, 0.25) is 5.91 Å². The molecule has 1 aliphatic rings. The highest BCUT2D eigenvalue weighted by atomic mass is 79.9. The fourth-order valence-electron chi connectivity index (χ4n) is 4.17. The zero-order valence-electron chi connectivity index (χ0n) is 21.4. The number of halogens is 2. The Labute approximate surface area is 234 Å². The van der Waals surface area contributed by atoms with Gasteiger partial charge in [0, 0.05) is 24.7 Å². The summed E-state index contributed by atoms with van der Waals surface area (Å²) < 4.78 is 19.0. The van der Waals surface area contributed by atoms with Crippen molar-refractivity contribution in [3.8, 4) is 17.2 Å². The summed E-state index contributed by atoms with van der Waals surface area (Å²) in [6.45, 7) is 5.90. The molecule has 9 heteroatoms. The molecular weight excluding hydrogens is 606 g/mol. The Bertz CT molecular complexity index is 1220. The van der Waals surface area contributed by atoms with Gasteiger partial charge in [0.05, 0.1) is 16.1 Å². The molecule has 0 aromatic heterocycles. The lowest BCUT2D eigenvalue weighted by atomic mass is 9.83. The highest BCUT2D eigenvalue weighted by Crippen LogP contribution is 2.44. The van der Waals surface area contributed by atoms with Crippen LogP contribution in [0.2, 0.25) is 0 Å². The maximum absolute atomic E-state index is 12.8. The summed E-state index contributed by atoms with van der Waals surface area (Å²) in [7, 11) is 3.23. The molecule has 0 aliphatic heterocycles. The first-order valence-corrected chi connectivity index (χ1v) is 13.5. The van der Waals surface area contributed by atoms with Crippen LogP contribution in [0.4, 0.5) is 0 Å². The minimum Gasteiger partial charge on any atom is -0.496 e. The van der Waals surface area contributed by atoms with Gasteiger partial charge in [-0.3, -0.25) is 4.79 Å². The van der Waals surface area contributed by atoms with Crippen molar-refractivity contribution >= 4 is 43.7 Å². The number of hydrogen-bond acceptors (Lipinski definition) is 5. The van der Waals surface area contributed by atoms with Gasteiger partial charge in [-0.05, 0) is 86.2 Å². The normalized spacial score (nSPS) is 17.8. The third-order valence-corrected chi connectivity index (χ3v) is 7.49. The van der Waals surface area contributed by atoms with Crippen molar-refractivity contribution in [2.24, 2.45) is 0 Å². The molecule has 0 heterocycles. The van der Waals surface area contributed by atoms with Crippen LogP contribution in [0.3, 0.4) is 0 Å². The van der Waals surface area contributed by atoms with E-state index in [4.69, 9.17) is 14.2 Å². The molecule has 7 nitrogen and oxygen atoms in total. The van der Waals surface area contributed by atoms with E-state index >= 15 is 0 Å².